The molecule has 1 aliphatic rings. The molecule has 1 amide bonds. The number of carbonyl (C=O) groups excluding carboxylic acids is 1. The first-order valence-corrected chi connectivity index (χ1v) is 12.8. The van der Waals surface area contributed by atoms with Crippen LogP contribution in [0.4, 0.5) is 17.6 Å². The van der Waals surface area contributed by atoms with Gasteiger partial charge in [0.15, 0.2) is 17.4 Å². The summed E-state index contributed by atoms with van der Waals surface area (Å²) >= 11 is 0. The van der Waals surface area contributed by atoms with Gasteiger partial charge in [0.25, 0.3) is 0 Å². The van der Waals surface area contributed by atoms with E-state index in [0.29, 0.717) is 66.8 Å². The lowest BCUT2D eigenvalue weighted by Gasteiger charge is -2.40. The fraction of sp³-hybridized carbons (Fsp3) is 0.429. The van der Waals surface area contributed by atoms with Crippen LogP contribution in [-0.4, -0.2) is 59.5 Å². The average Bonchev–Trinajstić information content (AvgIpc) is 2.96. The van der Waals surface area contributed by atoms with Gasteiger partial charge in [-0.15, -0.1) is 0 Å². The Kier molecular flexibility index (Phi) is 9.44. The smallest absolute Gasteiger partial charge is 0.249 e. The maximum absolute atomic E-state index is 13.9. The van der Waals surface area contributed by atoms with E-state index in [1.165, 1.54) is 13.3 Å². The van der Waals surface area contributed by atoms with E-state index in [0.717, 1.165) is 0 Å². The lowest BCUT2D eigenvalue weighted by molar-refractivity contribution is -0.144. The van der Waals surface area contributed by atoms with Gasteiger partial charge in [0, 0.05) is 35.8 Å². The highest BCUT2D eigenvalue weighted by molar-refractivity contribution is 5.85. The number of ether oxygens (including phenoxy) is 2. The molecule has 12 heteroatoms. The molecule has 1 aliphatic heterocycles. The molecule has 1 saturated heterocycles. The Morgan fingerprint density at radius 2 is 1.88 bits per heavy atom. The van der Waals surface area contributed by atoms with Crippen molar-refractivity contribution in [3.05, 3.63) is 65.1 Å². The molecule has 1 unspecified atom stereocenters. The van der Waals surface area contributed by atoms with Gasteiger partial charge in [0.05, 0.1) is 24.1 Å². The van der Waals surface area contributed by atoms with E-state index in [1.54, 1.807) is 23.7 Å². The summed E-state index contributed by atoms with van der Waals surface area (Å²) in [4.78, 5) is 19.0. The molecule has 2 aromatic carbocycles. The van der Waals surface area contributed by atoms with E-state index in [-0.39, 0.29) is 25.0 Å². The van der Waals surface area contributed by atoms with Crippen LogP contribution in [0.25, 0.3) is 10.9 Å². The molecule has 8 nitrogen and oxygen atoms in total. The van der Waals surface area contributed by atoms with Gasteiger partial charge in [-0.1, -0.05) is 0 Å². The first kappa shape index (κ1) is 29.5. The highest BCUT2D eigenvalue weighted by atomic mass is 19.1. The third-order valence-corrected chi connectivity index (χ3v) is 7.59. The second kappa shape index (κ2) is 12.8. The third kappa shape index (κ3) is 6.29. The van der Waals surface area contributed by atoms with E-state index in [1.807, 2.05) is 4.90 Å². The molecule has 0 bridgehead atoms. The van der Waals surface area contributed by atoms with Gasteiger partial charge < -0.3 is 14.6 Å². The molecule has 0 aliphatic carbocycles. The number of aromatic nitrogens is 1. The standard InChI is InChI=1S/C28H31F4N3O5/c1-39-19-2-3-23-20(14-19)25(17(15-29)16-33-23)24(36)4-5-28(27(37)34-38)6-8-35(9-7-28)10-11-40-26-21(31)12-18(30)13-22(26)32/h2-3,12-14,16,24,36,38H,4-11,15H2,1H3,(H,34,37). The van der Waals surface area contributed by atoms with Gasteiger partial charge in [-0.05, 0) is 62.5 Å². The summed E-state index contributed by atoms with van der Waals surface area (Å²) in [5.41, 5.74) is 1.91. The number of alkyl halides is 1. The number of hydrogen-bond donors (Lipinski definition) is 3. The zero-order valence-electron chi connectivity index (χ0n) is 21.9. The molecule has 0 radical (unpaired) electrons. The number of nitrogens with one attached hydrogen (secondary N) is 1. The Balaban J connectivity index is 1.42. The molecular formula is C28H31F4N3O5. The van der Waals surface area contributed by atoms with Crippen LogP contribution in [0.5, 0.6) is 11.5 Å². The Morgan fingerprint density at radius 1 is 1.18 bits per heavy atom. The van der Waals surface area contributed by atoms with Crippen LogP contribution in [0, 0.1) is 22.9 Å². The number of hydrogen-bond acceptors (Lipinski definition) is 7. The second-order valence-corrected chi connectivity index (χ2v) is 9.88. The van der Waals surface area contributed by atoms with E-state index >= 15 is 0 Å². The number of fused-ring (bicyclic) bond motifs is 1. The van der Waals surface area contributed by atoms with Crippen molar-refractivity contribution in [3.8, 4) is 11.5 Å². The van der Waals surface area contributed by atoms with Crippen LogP contribution < -0.4 is 15.0 Å². The Morgan fingerprint density at radius 3 is 2.50 bits per heavy atom. The number of methoxy groups -OCH3 is 1. The number of carbonyl (C=O) groups is 1. The molecular weight excluding hydrogens is 534 g/mol. The summed E-state index contributed by atoms with van der Waals surface area (Å²) in [6, 6.07) is 6.19. The Bertz CT molecular complexity index is 1320. The van der Waals surface area contributed by atoms with E-state index in [4.69, 9.17) is 9.47 Å². The zero-order valence-corrected chi connectivity index (χ0v) is 21.9. The summed E-state index contributed by atoms with van der Waals surface area (Å²) in [6.07, 6.45) is 1.24. The van der Waals surface area contributed by atoms with Crippen molar-refractivity contribution in [2.75, 3.05) is 33.4 Å². The summed E-state index contributed by atoms with van der Waals surface area (Å²) in [5, 5.41) is 21.2. The van der Waals surface area contributed by atoms with Gasteiger partial charge in [0.2, 0.25) is 5.91 Å². The highest BCUT2D eigenvalue weighted by Crippen LogP contribution is 2.40. The minimum atomic E-state index is -1.13. The number of hydroxylamine groups is 1. The van der Waals surface area contributed by atoms with E-state index in [9.17, 15) is 32.7 Å². The molecule has 1 atom stereocenters. The molecule has 40 heavy (non-hydrogen) atoms. The monoisotopic (exact) mass is 565 g/mol. The fourth-order valence-electron chi connectivity index (χ4n) is 5.28. The van der Waals surface area contributed by atoms with Crippen molar-refractivity contribution in [2.24, 2.45) is 5.41 Å². The summed E-state index contributed by atoms with van der Waals surface area (Å²) in [7, 11) is 1.50. The third-order valence-electron chi connectivity index (χ3n) is 7.59. The summed E-state index contributed by atoms with van der Waals surface area (Å²) in [6.45, 7) is 0.207. The number of amides is 1. The van der Waals surface area contributed by atoms with Crippen molar-refractivity contribution in [3.63, 3.8) is 0 Å². The van der Waals surface area contributed by atoms with Gasteiger partial charge in [-0.25, -0.2) is 23.0 Å². The molecule has 3 aromatic rings. The maximum Gasteiger partial charge on any atom is 0.249 e. The first-order valence-electron chi connectivity index (χ1n) is 12.8. The van der Waals surface area contributed by atoms with Crippen molar-refractivity contribution < 1.29 is 42.1 Å². The number of likely N-dealkylation sites (tertiary alicyclic amines) is 1. The van der Waals surface area contributed by atoms with Crippen LogP contribution >= 0.6 is 0 Å². The predicted molar refractivity (Wildman–Crippen MR) is 137 cm³/mol. The van der Waals surface area contributed by atoms with Crippen LogP contribution in [-0.2, 0) is 11.5 Å². The lowest BCUT2D eigenvalue weighted by Crippen LogP contribution is -2.49. The molecule has 1 aromatic heterocycles. The van der Waals surface area contributed by atoms with Crippen LogP contribution in [0.15, 0.2) is 36.5 Å². The minimum absolute atomic E-state index is 0.0675. The van der Waals surface area contributed by atoms with Crippen molar-refractivity contribution >= 4 is 16.8 Å². The fourth-order valence-corrected chi connectivity index (χ4v) is 5.28. The summed E-state index contributed by atoms with van der Waals surface area (Å²) in [5.74, 6) is -4.03. The molecule has 216 valence electrons. The molecule has 2 heterocycles. The number of aliphatic hydroxyl groups excluding tert-OH is 1. The normalized spacial score (nSPS) is 16.1. The van der Waals surface area contributed by atoms with Crippen molar-refractivity contribution in [1.82, 2.24) is 15.4 Å². The number of halogens is 4. The Hall–Kier alpha value is -3.48. The number of benzene rings is 2. The molecule has 4 rings (SSSR count). The van der Waals surface area contributed by atoms with E-state index < -0.39 is 47.3 Å². The van der Waals surface area contributed by atoms with Crippen LogP contribution in [0.3, 0.4) is 0 Å². The molecule has 3 N–H and O–H groups in total. The van der Waals surface area contributed by atoms with Crippen molar-refractivity contribution in [2.45, 2.75) is 38.5 Å². The van der Waals surface area contributed by atoms with Crippen LogP contribution in [0.1, 0.15) is 42.9 Å². The number of rotatable bonds is 11. The zero-order chi connectivity index (χ0) is 28.9. The maximum atomic E-state index is 13.9. The van der Waals surface area contributed by atoms with Crippen molar-refractivity contribution in [1.29, 1.82) is 0 Å². The molecule has 0 spiro atoms. The number of piperidine rings is 1. The first-order chi connectivity index (χ1) is 19.2. The minimum Gasteiger partial charge on any atom is -0.497 e. The number of aliphatic hydroxyl groups is 1. The van der Waals surface area contributed by atoms with E-state index in [2.05, 4.69) is 4.98 Å². The second-order valence-electron chi connectivity index (χ2n) is 9.88. The van der Waals surface area contributed by atoms with Gasteiger partial charge >= 0.3 is 0 Å². The topological polar surface area (TPSA) is 104 Å². The van der Waals surface area contributed by atoms with Gasteiger partial charge in [-0.2, -0.15) is 0 Å². The number of nitrogens with zero attached hydrogens (tertiary/aromatic N) is 2. The van der Waals surface area contributed by atoms with Gasteiger partial charge in [0.1, 0.15) is 24.8 Å². The number of pyridine rings is 1. The highest BCUT2D eigenvalue weighted by Gasteiger charge is 2.41. The molecule has 1 fully saturated rings. The van der Waals surface area contributed by atoms with Crippen LogP contribution in [0.2, 0.25) is 0 Å². The summed E-state index contributed by atoms with van der Waals surface area (Å²) < 4.78 is 65.1. The SMILES string of the molecule is COc1ccc2ncc(CF)c(C(O)CCC3(C(=O)NO)CCN(CCOc4c(F)cc(F)cc4F)CC3)c2c1. The quantitative estimate of drug-likeness (QED) is 0.177. The Labute approximate surface area is 228 Å². The predicted octanol–water partition coefficient (Wildman–Crippen LogP) is 4.61. The lowest BCUT2D eigenvalue weighted by atomic mass is 9.73. The average molecular weight is 566 g/mol. The largest absolute Gasteiger partial charge is 0.497 e. The van der Waals surface area contributed by atoms with Gasteiger partial charge in [-0.3, -0.25) is 19.9 Å². The molecule has 0 saturated carbocycles.